The Labute approximate surface area is 97.2 Å². The average Bonchev–Trinajstić information content (AvgIpc) is 2.29. The van der Waals surface area contributed by atoms with E-state index < -0.39 is 0 Å². The van der Waals surface area contributed by atoms with Gasteiger partial charge in [0.15, 0.2) is 0 Å². The van der Waals surface area contributed by atoms with Crippen LogP contribution in [0.3, 0.4) is 0 Å². The highest BCUT2D eigenvalue weighted by molar-refractivity contribution is 5.76. The molecule has 0 spiro atoms. The Bertz CT molecular complexity index is 273. The molecule has 4 heteroatoms. The zero-order valence-corrected chi connectivity index (χ0v) is 10.1. The smallest absolute Gasteiger partial charge is 0.222 e. The number of ether oxygens (including phenoxy) is 1. The maximum Gasteiger partial charge on any atom is 0.222 e. The van der Waals surface area contributed by atoms with Gasteiger partial charge in [-0.15, -0.1) is 0 Å². The summed E-state index contributed by atoms with van der Waals surface area (Å²) in [6.45, 7) is 4.03. The minimum atomic E-state index is 0.0235. The lowest BCUT2D eigenvalue weighted by atomic mass is 9.98. The zero-order valence-electron chi connectivity index (χ0n) is 10.1. The summed E-state index contributed by atoms with van der Waals surface area (Å²) in [5, 5.41) is 8.85. The summed E-state index contributed by atoms with van der Waals surface area (Å²) in [5.74, 6) is 0.430. The van der Waals surface area contributed by atoms with Crippen molar-refractivity contribution in [2.45, 2.75) is 26.2 Å². The van der Waals surface area contributed by atoms with Gasteiger partial charge in [0.25, 0.3) is 0 Å². The third kappa shape index (κ3) is 3.82. The summed E-state index contributed by atoms with van der Waals surface area (Å²) >= 11 is 0. The number of carbonyl (C=O) groups is 1. The van der Waals surface area contributed by atoms with Gasteiger partial charge in [0.2, 0.25) is 5.91 Å². The van der Waals surface area contributed by atoms with Crippen molar-refractivity contribution in [2.24, 2.45) is 11.8 Å². The Balaban J connectivity index is 2.39. The molecule has 90 valence electrons. The van der Waals surface area contributed by atoms with Crippen LogP contribution in [0.15, 0.2) is 0 Å². The molecule has 0 saturated carbocycles. The number of hydrogen-bond donors (Lipinski definition) is 0. The van der Waals surface area contributed by atoms with Crippen molar-refractivity contribution in [1.82, 2.24) is 4.90 Å². The van der Waals surface area contributed by atoms with Gasteiger partial charge in [0, 0.05) is 33.2 Å². The van der Waals surface area contributed by atoms with E-state index in [9.17, 15) is 4.79 Å². The van der Waals surface area contributed by atoms with Crippen LogP contribution in [0.4, 0.5) is 0 Å². The second-order valence-electron chi connectivity index (χ2n) is 4.57. The number of nitriles is 1. The average molecular weight is 224 g/mol. The minimum absolute atomic E-state index is 0.0235. The van der Waals surface area contributed by atoms with Crippen LogP contribution in [-0.4, -0.2) is 37.6 Å². The number of amides is 1. The van der Waals surface area contributed by atoms with E-state index in [4.69, 9.17) is 10.00 Å². The van der Waals surface area contributed by atoms with Crippen LogP contribution in [-0.2, 0) is 9.53 Å². The first-order chi connectivity index (χ1) is 7.67. The Kier molecular flexibility index (Phi) is 5.27. The van der Waals surface area contributed by atoms with Crippen LogP contribution < -0.4 is 0 Å². The van der Waals surface area contributed by atoms with Crippen LogP contribution in [0.2, 0.25) is 0 Å². The molecule has 0 radical (unpaired) electrons. The van der Waals surface area contributed by atoms with Crippen LogP contribution >= 0.6 is 0 Å². The van der Waals surface area contributed by atoms with Gasteiger partial charge in [-0.1, -0.05) is 6.92 Å². The van der Waals surface area contributed by atoms with Crippen molar-refractivity contribution in [1.29, 1.82) is 5.26 Å². The lowest BCUT2D eigenvalue weighted by molar-refractivity contribution is -0.133. The van der Waals surface area contributed by atoms with E-state index in [-0.39, 0.29) is 17.7 Å². The second kappa shape index (κ2) is 6.49. The molecule has 1 heterocycles. The zero-order chi connectivity index (χ0) is 12.0. The first-order valence-electron chi connectivity index (χ1n) is 5.83. The van der Waals surface area contributed by atoms with Gasteiger partial charge in [-0.25, -0.2) is 0 Å². The molecule has 4 nitrogen and oxygen atoms in total. The van der Waals surface area contributed by atoms with Gasteiger partial charge in [0.05, 0.1) is 12.0 Å². The molecule has 0 N–H and O–H groups in total. The largest absolute Gasteiger partial charge is 0.384 e. The molecule has 0 aromatic heterocycles. The van der Waals surface area contributed by atoms with Gasteiger partial charge in [-0.3, -0.25) is 4.79 Å². The minimum Gasteiger partial charge on any atom is -0.384 e. The van der Waals surface area contributed by atoms with Gasteiger partial charge < -0.3 is 9.64 Å². The number of likely N-dealkylation sites (tertiary alicyclic amines) is 1. The Morgan fingerprint density at radius 1 is 1.69 bits per heavy atom. The predicted octanol–water partition coefficient (Wildman–Crippen LogP) is 1.42. The molecule has 1 aliphatic rings. The molecule has 2 unspecified atom stereocenters. The topological polar surface area (TPSA) is 53.3 Å². The predicted molar refractivity (Wildman–Crippen MR) is 60.6 cm³/mol. The molecular formula is C12H20N2O2. The fourth-order valence-corrected chi connectivity index (χ4v) is 2.08. The lowest BCUT2D eigenvalue weighted by Crippen LogP contribution is -2.40. The number of piperidine rings is 1. The fourth-order valence-electron chi connectivity index (χ4n) is 2.08. The first-order valence-corrected chi connectivity index (χ1v) is 5.83. The van der Waals surface area contributed by atoms with Crippen LogP contribution in [0.1, 0.15) is 26.2 Å². The van der Waals surface area contributed by atoms with Crippen LogP contribution in [0, 0.1) is 23.2 Å². The summed E-state index contributed by atoms with van der Waals surface area (Å²) in [6.07, 6.45) is 2.39. The Morgan fingerprint density at radius 3 is 3.06 bits per heavy atom. The molecule has 0 aliphatic carbocycles. The molecule has 1 aliphatic heterocycles. The molecule has 1 saturated heterocycles. The summed E-state index contributed by atoms with van der Waals surface area (Å²) in [6, 6.07) is 2.25. The van der Waals surface area contributed by atoms with Crippen molar-refractivity contribution < 1.29 is 9.53 Å². The maximum atomic E-state index is 11.9. The SMILES string of the molecule is COCC(C)CC(=O)N1CCCC(C#N)C1. The summed E-state index contributed by atoms with van der Waals surface area (Å²) in [7, 11) is 1.65. The number of hydrogen-bond acceptors (Lipinski definition) is 3. The monoisotopic (exact) mass is 224 g/mol. The van der Waals surface area contributed by atoms with E-state index in [2.05, 4.69) is 6.07 Å². The van der Waals surface area contributed by atoms with E-state index in [1.165, 1.54) is 0 Å². The Morgan fingerprint density at radius 2 is 2.44 bits per heavy atom. The number of methoxy groups -OCH3 is 1. The van der Waals surface area contributed by atoms with Crippen molar-refractivity contribution in [3.8, 4) is 6.07 Å². The summed E-state index contributed by atoms with van der Waals surface area (Å²) in [5.41, 5.74) is 0. The van der Waals surface area contributed by atoms with E-state index in [0.717, 1.165) is 19.4 Å². The highest BCUT2D eigenvalue weighted by Crippen LogP contribution is 2.17. The van der Waals surface area contributed by atoms with Crippen LogP contribution in [0.5, 0.6) is 0 Å². The third-order valence-corrected chi connectivity index (χ3v) is 2.93. The highest BCUT2D eigenvalue weighted by Gasteiger charge is 2.24. The summed E-state index contributed by atoms with van der Waals surface area (Å²) in [4.78, 5) is 13.7. The van der Waals surface area contributed by atoms with Gasteiger partial charge >= 0.3 is 0 Å². The van der Waals surface area contributed by atoms with Gasteiger partial charge in [0.1, 0.15) is 0 Å². The normalized spacial score (nSPS) is 22.6. The lowest BCUT2D eigenvalue weighted by Gasteiger charge is -2.30. The van der Waals surface area contributed by atoms with Crippen molar-refractivity contribution >= 4 is 5.91 Å². The number of nitrogens with zero attached hydrogens (tertiary/aromatic N) is 2. The Hall–Kier alpha value is -1.08. The molecule has 16 heavy (non-hydrogen) atoms. The molecular weight excluding hydrogens is 204 g/mol. The number of rotatable bonds is 4. The van der Waals surface area contributed by atoms with E-state index in [1.54, 1.807) is 7.11 Å². The van der Waals surface area contributed by atoms with E-state index >= 15 is 0 Å². The van der Waals surface area contributed by atoms with Crippen molar-refractivity contribution in [2.75, 3.05) is 26.8 Å². The molecule has 2 atom stereocenters. The van der Waals surface area contributed by atoms with E-state index in [0.29, 0.717) is 19.6 Å². The van der Waals surface area contributed by atoms with Gasteiger partial charge in [-0.05, 0) is 18.8 Å². The maximum absolute atomic E-state index is 11.9. The molecule has 0 bridgehead atoms. The molecule has 1 rings (SSSR count). The second-order valence-corrected chi connectivity index (χ2v) is 4.57. The van der Waals surface area contributed by atoms with Crippen molar-refractivity contribution in [3.63, 3.8) is 0 Å². The molecule has 1 amide bonds. The van der Waals surface area contributed by atoms with Crippen LogP contribution in [0.25, 0.3) is 0 Å². The third-order valence-electron chi connectivity index (χ3n) is 2.93. The molecule has 0 aromatic carbocycles. The summed E-state index contributed by atoms with van der Waals surface area (Å²) < 4.78 is 5.01. The van der Waals surface area contributed by atoms with Crippen molar-refractivity contribution in [3.05, 3.63) is 0 Å². The highest BCUT2D eigenvalue weighted by atomic mass is 16.5. The molecule has 1 fully saturated rings. The molecule has 0 aromatic rings. The standard InChI is InChI=1S/C12H20N2O2/c1-10(9-16-2)6-12(15)14-5-3-4-11(7-13)8-14/h10-11H,3-6,8-9H2,1-2H3. The van der Waals surface area contributed by atoms with E-state index in [1.807, 2.05) is 11.8 Å². The van der Waals surface area contributed by atoms with Gasteiger partial charge in [-0.2, -0.15) is 5.26 Å². The number of carbonyl (C=O) groups excluding carboxylic acids is 1. The fraction of sp³-hybridized carbons (Fsp3) is 0.833. The quantitative estimate of drug-likeness (QED) is 0.725. The first kappa shape index (κ1) is 13.0.